The van der Waals surface area contributed by atoms with Crippen molar-refractivity contribution in [2.45, 2.75) is 38.8 Å². The van der Waals surface area contributed by atoms with Gasteiger partial charge in [0.15, 0.2) is 0 Å². The summed E-state index contributed by atoms with van der Waals surface area (Å²) < 4.78 is 7.22. The highest BCUT2D eigenvalue weighted by Gasteiger charge is 2.12. The highest BCUT2D eigenvalue weighted by molar-refractivity contribution is 6.76. The second-order valence-electron chi connectivity index (χ2n) is 5.24. The van der Waals surface area contributed by atoms with Crippen LogP contribution in [-0.4, -0.2) is 24.5 Å². The summed E-state index contributed by atoms with van der Waals surface area (Å²) in [5.41, 5.74) is 6.40. The largest absolute Gasteiger partial charge is 0.382 e. The number of nitrogens with zero attached hydrogens (tertiary/aromatic N) is 3. The van der Waals surface area contributed by atoms with Crippen molar-refractivity contribution in [3.8, 4) is 6.07 Å². The summed E-state index contributed by atoms with van der Waals surface area (Å²) in [6, 6.07) is 4.92. The standard InChI is InChI=1S/C11H20N4OSi/c1-17(2,3)7-6-16-9-15-10(4-5-12)8-11(13)14-15/h8H,4,6-7,9H2,1-3H3,(H2,13,14). The summed E-state index contributed by atoms with van der Waals surface area (Å²) in [4.78, 5) is 0. The quantitative estimate of drug-likeness (QED) is 0.619. The maximum atomic E-state index is 8.66. The van der Waals surface area contributed by atoms with Gasteiger partial charge < -0.3 is 10.5 Å². The fourth-order valence-electron chi connectivity index (χ4n) is 1.34. The molecule has 0 spiro atoms. The Morgan fingerprint density at radius 1 is 1.53 bits per heavy atom. The summed E-state index contributed by atoms with van der Waals surface area (Å²) in [6.07, 6.45) is 0.307. The van der Waals surface area contributed by atoms with Crippen LogP contribution in [0.4, 0.5) is 5.82 Å². The van der Waals surface area contributed by atoms with Crippen molar-refractivity contribution in [2.24, 2.45) is 0 Å². The number of rotatable bonds is 6. The molecular formula is C11H20N4OSi. The van der Waals surface area contributed by atoms with E-state index < -0.39 is 8.07 Å². The van der Waals surface area contributed by atoms with Crippen molar-refractivity contribution in [2.75, 3.05) is 12.3 Å². The summed E-state index contributed by atoms with van der Waals surface area (Å²) in [7, 11) is -1.05. The van der Waals surface area contributed by atoms with E-state index in [0.29, 0.717) is 19.0 Å². The van der Waals surface area contributed by atoms with E-state index in [4.69, 9.17) is 15.7 Å². The maximum Gasteiger partial charge on any atom is 0.145 e. The lowest BCUT2D eigenvalue weighted by atomic mass is 10.3. The first kappa shape index (κ1) is 13.7. The van der Waals surface area contributed by atoms with E-state index in [1.807, 2.05) is 0 Å². The average Bonchev–Trinajstić information content (AvgIpc) is 2.53. The number of nitrogens with two attached hydrogens (primary N) is 1. The lowest BCUT2D eigenvalue weighted by molar-refractivity contribution is 0.0770. The van der Waals surface area contributed by atoms with E-state index in [0.717, 1.165) is 18.3 Å². The van der Waals surface area contributed by atoms with Gasteiger partial charge in [-0.3, -0.25) is 0 Å². The van der Waals surface area contributed by atoms with Crippen LogP contribution in [0.15, 0.2) is 6.07 Å². The predicted molar refractivity (Wildman–Crippen MR) is 70.1 cm³/mol. The van der Waals surface area contributed by atoms with Crippen LogP contribution in [-0.2, 0) is 17.9 Å². The third-order valence-corrected chi connectivity index (χ3v) is 4.06. The maximum absolute atomic E-state index is 8.66. The number of aromatic nitrogens is 2. The van der Waals surface area contributed by atoms with Crippen molar-refractivity contribution >= 4 is 13.9 Å². The molecule has 0 fully saturated rings. The van der Waals surface area contributed by atoms with Crippen LogP contribution >= 0.6 is 0 Å². The average molecular weight is 252 g/mol. The Labute approximate surface area is 103 Å². The highest BCUT2D eigenvalue weighted by atomic mass is 28.3. The minimum atomic E-state index is -1.05. The fraction of sp³-hybridized carbons (Fsp3) is 0.636. The molecule has 0 aliphatic heterocycles. The molecular weight excluding hydrogens is 232 g/mol. The molecule has 0 aromatic carbocycles. The van der Waals surface area contributed by atoms with Gasteiger partial charge in [-0.05, 0) is 6.04 Å². The van der Waals surface area contributed by atoms with Gasteiger partial charge >= 0.3 is 0 Å². The summed E-state index contributed by atoms with van der Waals surface area (Å²) in [6.45, 7) is 8.04. The first-order chi connectivity index (χ1) is 7.92. The summed E-state index contributed by atoms with van der Waals surface area (Å²) >= 11 is 0. The molecule has 1 aromatic rings. The Morgan fingerprint density at radius 2 is 2.24 bits per heavy atom. The van der Waals surface area contributed by atoms with Crippen LogP contribution in [0.25, 0.3) is 0 Å². The molecule has 17 heavy (non-hydrogen) atoms. The van der Waals surface area contributed by atoms with Gasteiger partial charge in [0.1, 0.15) is 12.5 Å². The number of nitrogen functional groups attached to an aromatic ring is 1. The van der Waals surface area contributed by atoms with Gasteiger partial charge in [-0.1, -0.05) is 19.6 Å². The first-order valence-corrected chi connectivity index (χ1v) is 9.40. The van der Waals surface area contributed by atoms with Crippen LogP contribution in [0, 0.1) is 11.3 Å². The van der Waals surface area contributed by atoms with Crippen molar-refractivity contribution < 1.29 is 4.74 Å². The lowest BCUT2D eigenvalue weighted by Gasteiger charge is -2.15. The minimum absolute atomic E-state index is 0.307. The fourth-order valence-corrected chi connectivity index (χ4v) is 2.10. The molecule has 94 valence electrons. The summed E-state index contributed by atoms with van der Waals surface area (Å²) in [5.74, 6) is 0.434. The normalized spacial score (nSPS) is 11.4. The third-order valence-electron chi connectivity index (χ3n) is 2.35. The van der Waals surface area contributed by atoms with Crippen molar-refractivity contribution in [1.29, 1.82) is 5.26 Å². The summed E-state index contributed by atoms with van der Waals surface area (Å²) in [5, 5.41) is 12.8. The zero-order chi connectivity index (χ0) is 12.9. The molecule has 0 aliphatic carbocycles. The first-order valence-electron chi connectivity index (χ1n) is 5.69. The monoisotopic (exact) mass is 252 g/mol. The number of ether oxygens (including phenoxy) is 1. The topological polar surface area (TPSA) is 76.9 Å². The molecule has 0 saturated heterocycles. The zero-order valence-corrected chi connectivity index (χ0v) is 11.7. The molecule has 2 N–H and O–H groups in total. The highest BCUT2D eigenvalue weighted by Crippen LogP contribution is 2.10. The zero-order valence-electron chi connectivity index (χ0n) is 10.7. The molecule has 1 aromatic heterocycles. The van der Waals surface area contributed by atoms with E-state index in [9.17, 15) is 0 Å². The molecule has 0 aliphatic rings. The van der Waals surface area contributed by atoms with Crippen LogP contribution in [0.3, 0.4) is 0 Å². The second kappa shape index (κ2) is 5.84. The van der Waals surface area contributed by atoms with Gasteiger partial charge in [0.25, 0.3) is 0 Å². The van der Waals surface area contributed by atoms with Gasteiger partial charge in [0, 0.05) is 20.7 Å². The number of hydrogen-bond acceptors (Lipinski definition) is 4. The molecule has 1 rings (SSSR count). The van der Waals surface area contributed by atoms with Crippen LogP contribution < -0.4 is 5.73 Å². The molecule has 0 unspecified atom stereocenters. The number of nitriles is 1. The van der Waals surface area contributed by atoms with Crippen molar-refractivity contribution in [3.05, 3.63) is 11.8 Å². The molecule has 1 heterocycles. The van der Waals surface area contributed by atoms with E-state index in [1.54, 1.807) is 10.7 Å². The van der Waals surface area contributed by atoms with Gasteiger partial charge in [0.2, 0.25) is 0 Å². The Hall–Kier alpha value is -1.32. The van der Waals surface area contributed by atoms with Crippen molar-refractivity contribution in [3.63, 3.8) is 0 Å². The number of anilines is 1. The SMILES string of the molecule is C[Si](C)(C)CCOCn1nc(N)cc1CC#N. The van der Waals surface area contributed by atoms with Gasteiger partial charge in [-0.25, -0.2) is 4.68 Å². The van der Waals surface area contributed by atoms with Gasteiger partial charge in [-0.15, -0.1) is 0 Å². The van der Waals surface area contributed by atoms with E-state index >= 15 is 0 Å². The van der Waals surface area contributed by atoms with Gasteiger partial charge in [0.05, 0.1) is 18.2 Å². The smallest absolute Gasteiger partial charge is 0.145 e. The van der Waals surface area contributed by atoms with Crippen LogP contribution in [0.1, 0.15) is 5.69 Å². The van der Waals surface area contributed by atoms with E-state index in [1.165, 1.54) is 0 Å². The molecule has 0 amide bonds. The lowest BCUT2D eigenvalue weighted by Crippen LogP contribution is -2.22. The van der Waals surface area contributed by atoms with E-state index in [2.05, 4.69) is 30.8 Å². The van der Waals surface area contributed by atoms with Crippen molar-refractivity contribution in [1.82, 2.24) is 9.78 Å². The van der Waals surface area contributed by atoms with Gasteiger partial charge in [-0.2, -0.15) is 10.4 Å². The molecule has 0 saturated carbocycles. The molecule has 0 atom stereocenters. The molecule has 5 nitrogen and oxygen atoms in total. The number of hydrogen-bond donors (Lipinski definition) is 1. The Kier molecular flexibility index (Phi) is 4.72. The minimum Gasteiger partial charge on any atom is -0.382 e. The molecule has 6 heteroatoms. The van der Waals surface area contributed by atoms with Crippen LogP contribution in [0.2, 0.25) is 25.7 Å². The molecule has 0 radical (unpaired) electrons. The van der Waals surface area contributed by atoms with Crippen LogP contribution in [0.5, 0.6) is 0 Å². The predicted octanol–water partition coefficient (Wildman–Crippen LogP) is 1.84. The Balaban J connectivity index is 2.44. The second-order valence-corrected chi connectivity index (χ2v) is 10.9. The third kappa shape index (κ3) is 5.02. The van der Waals surface area contributed by atoms with E-state index in [-0.39, 0.29) is 0 Å². The Morgan fingerprint density at radius 3 is 2.82 bits per heavy atom. The molecule has 0 bridgehead atoms. The Bertz CT molecular complexity index is 403.